The lowest BCUT2D eigenvalue weighted by Crippen LogP contribution is -2.45. The van der Waals surface area contributed by atoms with E-state index in [2.05, 4.69) is 16.3 Å². The van der Waals surface area contributed by atoms with Crippen molar-refractivity contribution in [3.63, 3.8) is 0 Å². The first-order chi connectivity index (χ1) is 8.72. The lowest BCUT2D eigenvalue weighted by Gasteiger charge is -2.34. The van der Waals surface area contributed by atoms with Crippen molar-refractivity contribution in [3.05, 3.63) is 29.6 Å². The topological polar surface area (TPSA) is 59.3 Å². The Morgan fingerprint density at radius 1 is 1.44 bits per heavy atom. The quantitative estimate of drug-likeness (QED) is 0.850. The predicted octanol–water partition coefficient (Wildman–Crippen LogP) is 1.39. The maximum absolute atomic E-state index is 13.4. The number of benzene rings is 1. The Morgan fingerprint density at radius 3 is 2.78 bits per heavy atom. The van der Waals surface area contributed by atoms with Crippen molar-refractivity contribution in [2.75, 3.05) is 26.2 Å². The molecular formula is C13H16FN3O. The zero-order chi connectivity index (χ0) is 13.0. The first-order valence-electron chi connectivity index (χ1n) is 6.02. The number of halogens is 1. The molecule has 0 radical (unpaired) electrons. The van der Waals surface area contributed by atoms with Crippen molar-refractivity contribution >= 4 is 0 Å². The number of nitriles is 1. The Bertz CT molecular complexity index is 452. The van der Waals surface area contributed by atoms with E-state index >= 15 is 0 Å². The summed E-state index contributed by atoms with van der Waals surface area (Å²) in [4.78, 5) is 2.17. The molecule has 1 fully saturated rings. The molecule has 0 bridgehead atoms. The number of hydrogen-bond donors (Lipinski definition) is 2. The largest absolute Gasteiger partial charge is 0.505 e. The fraction of sp³-hybridized carbons (Fsp3) is 0.462. The van der Waals surface area contributed by atoms with Crippen LogP contribution in [0.5, 0.6) is 5.75 Å². The maximum atomic E-state index is 13.4. The highest BCUT2D eigenvalue weighted by Gasteiger charge is 2.22. The third kappa shape index (κ3) is 2.78. The summed E-state index contributed by atoms with van der Waals surface area (Å²) >= 11 is 0. The molecule has 0 saturated carbocycles. The Morgan fingerprint density at radius 2 is 2.17 bits per heavy atom. The summed E-state index contributed by atoms with van der Waals surface area (Å²) in [6.45, 7) is 3.44. The average molecular weight is 249 g/mol. The second-order valence-electron chi connectivity index (χ2n) is 4.37. The van der Waals surface area contributed by atoms with Gasteiger partial charge in [-0.05, 0) is 17.7 Å². The second kappa shape index (κ2) is 5.80. The zero-order valence-electron chi connectivity index (χ0n) is 10.1. The number of phenolic OH excluding ortho intramolecular Hbond substituents is 1. The van der Waals surface area contributed by atoms with Crippen molar-refractivity contribution in [1.29, 1.82) is 5.26 Å². The minimum absolute atomic E-state index is 0.104. The Kier molecular flexibility index (Phi) is 4.13. The molecule has 1 aliphatic rings. The number of aromatic hydroxyl groups is 1. The number of rotatable bonds is 3. The van der Waals surface area contributed by atoms with Gasteiger partial charge in [-0.2, -0.15) is 5.26 Å². The van der Waals surface area contributed by atoms with Crippen LogP contribution in [0.4, 0.5) is 4.39 Å². The fourth-order valence-electron chi connectivity index (χ4n) is 2.27. The van der Waals surface area contributed by atoms with Crippen LogP contribution in [-0.2, 0) is 0 Å². The SMILES string of the molecule is N#CC[C@H](c1ccc(O)c(F)c1)N1CCNCC1. The molecule has 1 aliphatic heterocycles. The standard InChI is InChI=1S/C13H16FN3O/c14-11-9-10(1-2-13(11)18)12(3-4-15)17-7-5-16-6-8-17/h1-2,9,12,16,18H,3,5-8H2/t12-/m1/s1. The molecule has 1 heterocycles. The molecule has 2 rings (SSSR count). The van der Waals surface area contributed by atoms with E-state index in [4.69, 9.17) is 5.26 Å². The number of nitrogens with one attached hydrogen (secondary N) is 1. The number of phenols is 1. The second-order valence-corrected chi connectivity index (χ2v) is 4.37. The summed E-state index contributed by atoms with van der Waals surface area (Å²) in [6.07, 6.45) is 0.324. The highest BCUT2D eigenvalue weighted by molar-refractivity contribution is 5.30. The van der Waals surface area contributed by atoms with Crippen molar-refractivity contribution in [1.82, 2.24) is 10.2 Å². The lowest BCUT2D eigenvalue weighted by molar-refractivity contribution is 0.175. The summed E-state index contributed by atoms with van der Waals surface area (Å²) in [7, 11) is 0. The van der Waals surface area contributed by atoms with Crippen molar-refractivity contribution in [2.24, 2.45) is 0 Å². The average Bonchev–Trinajstić information content (AvgIpc) is 2.40. The first kappa shape index (κ1) is 12.8. The monoisotopic (exact) mass is 249 g/mol. The molecule has 18 heavy (non-hydrogen) atoms. The van der Waals surface area contributed by atoms with Gasteiger partial charge in [-0.1, -0.05) is 6.07 Å². The third-order valence-corrected chi connectivity index (χ3v) is 3.23. The first-order valence-corrected chi connectivity index (χ1v) is 6.02. The molecule has 0 aliphatic carbocycles. The van der Waals surface area contributed by atoms with Gasteiger partial charge in [0, 0.05) is 32.2 Å². The summed E-state index contributed by atoms with van der Waals surface area (Å²) in [5, 5.41) is 21.4. The molecule has 0 unspecified atom stereocenters. The van der Waals surface area contributed by atoms with Crippen LogP contribution in [-0.4, -0.2) is 36.2 Å². The van der Waals surface area contributed by atoms with Gasteiger partial charge in [0.2, 0.25) is 0 Å². The van der Waals surface area contributed by atoms with Gasteiger partial charge in [-0.3, -0.25) is 4.90 Å². The van der Waals surface area contributed by atoms with Crippen LogP contribution in [0.1, 0.15) is 18.0 Å². The minimum Gasteiger partial charge on any atom is -0.505 e. The minimum atomic E-state index is -0.634. The van der Waals surface area contributed by atoms with Crippen molar-refractivity contribution in [3.8, 4) is 11.8 Å². The van der Waals surface area contributed by atoms with Gasteiger partial charge in [0.05, 0.1) is 12.5 Å². The molecule has 5 heteroatoms. The van der Waals surface area contributed by atoms with E-state index < -0.39 is 5.82 Å². The van der Waals surface area contributed by atoms with Crippen LogP contribution < -0.4 is 5.32 Å². The highest BCUT2D eigenvalue weighted by atomic mass is 19.1. The Hall–Kier alpha value is -1.64. The van der Waals surface area contributed by atoms with Gasteiger partial charge in [0.25, 0.3) is 0 Å². The van der Waals surface area contributed by atoms with E-state index in [1.54, 1.807) is 6.07 Å². The van der Waals surface area contributed by atoms with Gasteiger partial charge in [0.1, 0.15) is 0 Å². The van der Waals surface area contributed by atoms with E-state index in [0.717, 1.165) is 31.7 Å². The maximum Gasteiger partial charge on any atom is 0.165 e. The summed E-state index contributed by atoms with van der Waals surface area (Å²) < 4.78 is 13.4. The molecule has 2 N–H and O–H groups in total. The van der Waals surface area contributed by atoms with Crippen molar-refractivity contribution in [2.45, 2.75) is 12.5 Å². The van der Waals surface area contributed by atoms with E-state index in [0.29, 0.717) is 6.42 Å². The molecule has 1 aromatic rings. The molecule has 0 amide bonds. The predicted molar refractivity (Wildman–Crippen MR) is 65.5 cm³/mol. The molecule has 0 aromatic heterocycles. The van der Waals surface area contributed by atoms with Crippen LogP contribution in [0.25, 0.3) is 0 Å². The van der Waals surface area contributed by atoms with Gasteiger partial charge in [-0.25, -0.2) is 4.39 Å². The van der Waals surface area contributed by atoms with Gasteiger partial charge >= 0.3 is 0 Å². The van der Waals surface area contributed by atoms with Crippen LogP contribution >= 0.6 is 0 Å². The van der Waals surface area contributed by atoms with E-state index in [-0.39, 0.29) is 11.8 Å². The van der Waals surface area contributed by atoms with Crippen molar-refractivity contribution < 1.29 is 9.50 Å². The normalized spacial score (nSPS) is 18.2. The Balaban J connectivity index is 2.22. The van der Waals surface area contributed by atoms with Gasteiger partial charge in [-0.15, -0.1) is 0 Å². The highest BCUT2D eigenvalue weighted by Crippen LogP contribution is 2.27. The molecule has 1 aromatic carbocycles. The zero-order valence-corrected chi connectivity index (χ0v) is 10.1. The molecule has 0 spiro atoms. The summed E-state index contributed by atoms with van der Waals surface area (Å²) in [5.74, 6) is -0.986. The van der Waals surface area contributed by atoms with E-state index in [1.165, 1.54) is 12.1 Å². The molecular weight excluding hydrogens is 233 g/mol. The van der Waals surface area contributed by atoms with Crippen LogP contribution in [0.15, 0.2) is 18.2 Å². The van der Waals surface area contributed by atoms with Gasteiger partial charge in [0.15, 0.2) is 11.6 Å². The molecule has 96 valence electrons. The lowest BCUT2D eigenvalue weighted by atomic mass is 10.0. The van der Waals surface area contributed by atoms with Gasteiger partial charge < -0.3 is 10.4 Å². The number of nitrogens with zero attached hydrogens (tertiary/aromatic N) is 2. The van der Waals surface area contributed by atoms with E-state index in [1.807, 2.05) is 0 Å². The smallest absolute Gasteiger partial charge is 0.165 e. The fourth-order valence-corrected chi connectivity index (χ4v) is 2.27. The number of piperazine rings is 1. The van der Waals surface area contributed by atoms with E-state index in [9.17, 15) is 9.50 Å². The Labute approximate surface area is 106 Å². The molecule has 1 saturated heterocycles. The summed E-state index contributed by atoms with van der Waals surface area (Å²) in [6, 6.07) is 6.39. The summed E-state index contributed by atoms with van der Waals surface area (Å²) in [5.41, 5.74) is 0.744. The van der Waals surface area contributed by atoms with Crippen LogP contribution in [0.2, 0.25) is 0 Å². The third-order valence-electron chi connectivity index (χ3n) is 3.23. The van der Waals surface area contributed by atoms with Crippen LogP contribution in [0, 0.1) is 17.1 Å². The molecule has 1 atom stereocenters. The molecule has 4 nitrogen and oxygen atoms in total. The number of hydrogen-bond acceptors (Lipinski definition) is 4. The van der Waals surface area contributed by atoms with Crippen LogP contribution in [0.3, 0.4) is 0 Å².